The number of carbonyl (C=O) groups excluding carboxylic acids is 1. The molecule has 25 heavy (non-hydrogen) atoms. The number of aromatic amines is 1. The zero-order valence-corrected chi connectivity index (χ0v) is 13.6. The van der Waals surface area contributed by atoms with Crippen LogP contribution in [0.25, 0.3) is 0 Å². The quantitative estimate of drug-likeness (QED) is 0.885. The summed E-state index contributed by atoms with van der Waals surface area (Å²) in [5, 5.41) is 2.70. The van der Waals surface area contributed by atoms with Crippen molar-refractivity contribution in [3.8, 4) is 0 Å². The van der Waals surface area contributed by atoms with Gasteiger partial charge in [0.2, 0.25) is 0 Å². The first-order chi connectivity index (χ1) is 11.9. The number of H-pyrrole nitrogens is 1. The summed E-state index contributed by atoms with van der Waals surface area (Å²) in [6.07, 6.45) is 1.53. The average molecular weight is 356 g/mol. The topological polar surface area (TPSA) is 71.9 Å². The zero-order chi connectivity index (χ0) is 18.0. The molecule has 0 bridgehead atoms. The molecule has 9 heteroatoms. The third kappa shape index (κ3) is 3.87. The number of ether oxygens (including phenoxy) is 1. The normalized spacial score (nSPS) is 21.3. The lowest BCUT2D eigenvalue weighted by Gasteiger charge is -2.31. The minimum Gasteiger partial charge on any atom is -0.370 e. The molecular formula is C16H19F3N4O2. The van der Waals surface area contributed by atoms with Crippen LogP contribution in [0, 0.1) is 5.92 Å². The summed E-state index contributed by atoms with van der Waals surface area (Å²) in [7, 11) is 1.87. The molecule has 1 saturated heterocycles. The highest BCUT2D eigenvalue weighted by atomic mass is 19.4. The standard InChI is InChI=1S/C16H19F3N4O2/c1-23-5-4-20-14(23)13-10(3-2-6-25-13)8-22-15(24)11-7-12(21-9-11)16(17,18)19/h4-5,7,9-10,13,21H,2-3,6,8H2,1H3,(H,22,24)/t10-,13+/m0/s1. The number of hydrogen-bond acceptors (Lipinski definition) is 3. The molecule has 3 heterocycles. The van der Waals surface area contributed by atoms with Crippen LogP contribution in [0.4, 0.5) is 13.2 Å². The van der Waals surface area contributed by atoms with Gasteiger partial charge in [0, 0.05) is 44.7 Å². The van der Waals surface area contributed by atoms with Crippen molar-refractivity contribution in [1.29, 1.82) is 0 Å². The highest BCUT2D eigenvalue weighted by Gasteiger charge is 2.33. The Morgan fingerprint density at radius 3 is 2.96 bits per heavy atom. The maximum atomic E-state index is 12.6. The Morgan fingerprint density at radius 1 is 1.52 bits per heavy atom. The average Bonchev–Trinajstić information content (AvgIpc) is 3.21. The maximum Gasteiger partial charge on any atom is 0.431 e. The number of aromatic nitrogens is 3. The lowest BCUT2D eigenvalue weighted by molar-refractivity contribution is -0.140. The minimum atomic E-state index is -4.50. The lowest BCUT2D eigenvalue weighted by atomic mass is 9.93. The van der Waals surface area contributed by atoms with E-state index in [0.29, 0.717) is 13.2 Å². The fourth-order valence-electron chi connectivity index (χ4n) is 3.00. The summed E-state index contributed by atoms with van der Waals surface area (Å²) >= 11 is 0. The number of nitrogens with zero attached hydrogens (tertiary/aromatic N) is 2. The van der Waals surface area contributed by atoms with Gasteiger partial charge < -0.3 is 19.6 Å². The van der Waals surface area contributed by atoms with E-state index in [1.54, 1.807) is 6.20 Å². The second-order valence-corrected chi connectivity index (χ2v) is 6.10. The van der Waals surface area contributed by atoms with Gasteiger partial charge in [-0.25, -0.2) is 4.98 Å². The van der Waals surface area contributed by atoms with E-state index in [0.717, 1.165) is 30.9 Å². The molecule has 0 aromatic carbocycles. The molecular weight excluding hydrogens is 337 g/mol. The molecule has 136 valence electrons. The Hall–Kier alpha value is -2.29. The van der Waals surface area contributed by atoms with E-state index in [9.17, 15) is 18.0 Å². The number of rotatable bonds is 4. The van der Waals surface area contributed by atoms with Gasteiger partial charge in [-0.05, 0) is 18.9 Å². The van der Waals surface area contributed by atoms with E-state index in [1.165, 1.54) is 0 Å². The highest BCUT2D eigenvalue weighted by Crippen LogP contribution is 2.32. The van der Waals surface area contributed by atoms with Crippen LogP contribution in [0.15, 0.2) is 24.7 Å². The van der Waals surface area contributed by atoms with Crippen molar-refractivity contribution in [1.82, 2.24) is 19.9 Å². The van der Waals surface area contributed by atoms with Gasteiger partial charge in [0.25, 0.3) is 5.91 Å². The minimum absolute atomic E-state index is 0.0137. The van der Waals surface area contributed by atoms with Crippen molar-refractivity contribution in [3.63, 3.8) is 0 Å². The maximum absolute atomic E-state index is 12.6. The zero-order valence-electron chi connectivity index (χ0n) is 13.6. The Morgan fingerprint density at radius 2 is 2.32 bits per heavy atom. The molecule has 1 aliphatic heterocycles. The SMILES string of the molecule is Cn1ccnc1[C@@H]1OCCC[C@H]1CNC(=O)c1c[nH]c(C(F)(F)F)c1. The molecule has 2 N–H and O–H groups in total. The molecule has 0 radical (unpaired) electrons. The lowest BCUT2D eigenvalue weighted by Crippen LogP contribution is -2.35. The molecule has 2 atom stereocenters. The summed E-state index contributed by atoms with van der Waals surface area (Å²) in [4.78, 5) is 18.5. The number of alkyl halides is 3. The fourth-order valence-corrected chi connectivity index (χ4v) is 3.00. The Kier molecular flexibility index (Phi) is 4.85. The van der Waals surface area contributed by atoms with Gasteiger partial charge in [0.1, 0.15) is 17.6 Å². The van der Waals surface area contributed by atoms with Crippen LogP contribution in [-0.2, 0) is 18.0 Å². The summed E-state index contributed by atoms with van der Waals surface area (Å²) in [5.74, 6) is 0.246. The van der Waals surface area contributed by atoms with Crippen LogP contribution in [-0.4, -0.2) is 33.6 Å². The highest BCUT2D eigenvalue weighted by molar-refractivity contribution is 5.94. The van der Waals surface area contributed by atoms with Crippen molar-refractivity contribution >= 4 is 5.91 Å². The summed E-state index contributed by atoms with van der Waals surface area (Å²) in [6.45, 7) is 0.928. The van der Waals surface area contributed by atoms with E-state index in [1.807, 2.05) is 17.8 Å². The number of carbonyl (C=O) groups is 1. The van der Waals surface area contributed by atoms with Crippen LogP contribution in [0.2, 0.25) is 0 Å². The fraction of sp³-hybridized carbons (Fsp3) is 0.500. The number of imidazole rings is 1. The molecule has 3 rings (SSSR count). The van der Waals surface area contributed by atoms with Gasteiger partial charge in [-0.15, -0.1) is 0 Å². The second kappa shape index (κ2) is 6.91. The van der Waals surface area contributed by atoms with Gasteiger partial charge >= 0.3 is 6.18 Å². The number of halogens is 3. The van der Waals surface area contributed by atoms with Crippen molar-refractivity contribution < 1.29 is 22.7 Å². The molecule has 0 saturated carbocycles. The summed E-state index contributed by atoms with van der Waals surface area (Å²) < 4.78 is 45.5. The van der Waals surface area contributed by atoms with Crippen molar-refractivity contribution in [2.75, 3.05) is 13.2 Å². The predicted molar refractivity (Wildman–Crippen MR) is 82.8 cm³/mol. The first-order valence-electron chi connectivity index (χ1n) is 7.99. The Bertz CT molecular complexity index is 738. The van der Waals surface area contributed by atoms with Crippen LogP contribution < -0.4 is 5.32 Å². The van der Waals surface area contributed by atoms with E-state index in [-0.39, 0.29) is 17.6 Å². The third-order valence-corrected chi connectivity index (χ3v) is 4.33. The van der Waals surface area contributed by atoms with Crippen LogP contribution >= 0.6 is 0 Å². The van der Waals surface area contributed by atoms with Crippen molar-refractivity contribution in [2.24, 2.45) is 13.0 Å². The predicted octanol–water partition coefficient (Wildman–Crippen LogP) is 2.66. The van der Waals surface area contributed by atoms with E-state index in [4.69, 9.17) is 4.74 Å². The molecule has 6 nitrogen and oxygen atoms in total. The number of aryl methyl sites for hydroxylation is 1. The Labute approximate surface area is 142 Å². The monoisotopic (exact) mass is 356 g/mol. The molecule has 0 aliphatic carbocycles. The molecule has 0 spiro atoms. The number of nitrogens with one attached hydrogen (secondary N) is 2. The smallest absolute Gasteiger partial charge is 0.370 e. The van der Waals surface area contributed by atoms with Gasteiger partial charge in [-0.2, -0.15) is 13.2 Å². The third-order valence-electron chi connectivity index (χ3n) is 4.33. The Balaban J connectivity index is 1.64. The molecule has 2 aromatic heterocycles. The molecule has 1 fully saturated rings. The van der Waals surface area contributed by atoms with Crippen LogP contribution in [0.5, 0.6) is 0 Å². The van der Waals surface area contributed by atoms with Gasteiger partial charge in [0.05, 0.1) is 5.56 Å². The molecule has 2 aromatic rings. The molecule has 1 amide bonds. The van der Waals surface area contributed by atoms with Crippen molar-refractivity contribution in [3.05, 3.63) is 41.7 Å². The van der Waals surface area contributed by atoms with Crippen molar-refractivity contribution in [2.45, 2.75) is 25.1 Å². The first kappa shape index (κ1) is 17.5. The molecule has 0 unspecified atom stereocenters. The first-order valence-corrected chi connectivity index (χ1v) is 7.99. The van der Waals surface area contributed by atoms with E-state index in [2.05, 4.69) is 15.3 Å². The largest absolute Gasteiger partial charge is 0.431 e. The van der Waals surface area contributed by atoms with Gasteiger partial charge in [-0.3, -0.25) is 4.79 Å². The number of hydrogen-bond donors (Lipinski definition) is 2. The van der Waals surface area contributed by atoms with Gasteiger partial charge in [-0.1, -0.05) is 0 Å². The van der Waals surface area contributed by atoms with E-state index < -0.39 is 17.8 Å². The summed E-state index contributed by atoms with van der Waals surface area (Å²) in [6, 6.07) is 0.808. The number of amides is 1. The molecule has 1 aliphatic rings. The van der Waals surface area contributed by atoms with Crippen LogP contribution in [0.3, 0.4) is 0 Å². The van der Waals surface area contributed by atoms with Crippen LogP contribution in [0.1, 0.15) is 40.8 Å². The summed E-state index contributed by atoms with van der Waals surface area (Å²) in [5.41, 5.74) is -0.984. The second-order valence-electron chi connectivity index (χ2n) is 6.10. The van der Waals surface area contributed by atoms with Gasteiger partial charge in [0.15, 0.2) is 0 Å². The van der Waals surface area contributed by atoms with E-state index >= 15 is 0 Å².